The first-order chi connectivity index (χ1) is 11.3. The maximum atomic E-state index is 9.34. The number of nitrogens with one attached hydrogen (secondary N) is 1. The molecular weight excluding hydrogens is 306 g/mol. The van der Waals surface area contributed by atoms with Crippen LogP contribution in [0.15, 0.2) is 71.0 Å². The lowest BCUT2D eigenvalue weighted by atomic mass is 10.1. The number of aromatic amines is 1. The van der Waals surface area contributed by atoms with Gasteiger partial charge in [0.25, 0.3) is 0 Å². The van der Waals surface area contributed by atoms with Crippen LogP contribution >= 0.6 is 11.8 Å². The molecule has 0 amide bonds. The van der Waals surface area contributed by atoms with E-state index in [1.54, 1.807) is 28.7 Å². The van der Waals surface area contributed by atoms with Gasteiger partial charge in [0, 0.05) is 33.3 Å². The fraction of sp³-hybridized carbons (Fsp3) is 0. The van der Waals surface area contributed by atoms with Gasteiger partial charge >= 0.3 is 0 Å². The van der Waals surface area contributed by atoms with Gasteiger partial charge in [-0.25, -0.2) is 4.52 Å². The molecule has 6 heteroatoms. The Labute approximate surface area is 136 Å². The monoisotopic (exact) mass is 317 g/mol. The molecule has 0 saturated heterocycles. The summed E-state index contributed by atoms with van der Waals surface area (Å²) in [5.41, 5.74) is 3.38. The Morgan fingerprint density at radius 2 is 2.00 bits per heavy atom. The molecule has 0 aliphatic rings. The van der Waals surface area contributed by atoms with E-state index in [1.807, 2.05) is 42.7 Å². The molecule has 5 nitrogen and oxygen atoms in total. The zero-order chi connectivity index (χ0) is 15.6. The minimum absolute atomic E-state index is 0.571. The van der Waals surface area contributed by atoms with Crippen LogP contribution in [-0.2, 0) is 0 Å². The quantitative estimate of drug-likeness (QED) is 0.625. The van der Waals surface area contributed by atoms with Crippen LogP contribution in [0, 0.1) is 11.3 Å². The second-order valence-electron chi connectivity index (χ2n) is 4.96. The van der Waals surface area contributed by atoms with E-state index in [4.69, 9.17) is 0 Å². The van der Waals surface area contributed by atoms with Crippen LogP contribution in [0.5, 0.6) is 0 Å². The second-order valence-corrected chi connectivity index (χ2v) is 6.07. The van der Waals surface area contributed by atoms with E-state index in [1.165, 1.54) is 0 Å². The van der Waals surface area contributed by atoms with Crippen LogP contribution in [0.25, 0.3) is 16.6 Å². The van der Waals surface area contributed by atoms with Crippen molar-refractivity contribution < 1.29 is 0 Å². The van der Waals surface area contributed by atoms with E-state index >= 15 is 0 Å². The van der Waals surface area contributed by atoms with Gasteiger partial charge in [-0.1, -0.05) is 30.0 Å². The summed E-state index contributed by atoms with van der Waals surface area (Å²) in [4.78, 5) is 2.10. The Morgan fingerprint density at radius 3 is 2.74 bits per heavy atom. The van der Waals surface area contributed by atoms with Crippen molar-refractivity contribution in [2.75, 3.05) is 0 Å². The van der Waals surface area contributed by atoms with Gasteiger partial charge in [-0.2, -0.15) is 15.5 Å². The van der Waals surface area contributed by atoms with Gasteiger partial charge in [-0.15, -0.1) is 0 Å². The molecule has 4 rings (SSSR count). The summed E-state index contributed by atoms with van der Waals surface area (Å²) < 4.78 is 1.76. The van der Waals surface area contributed by atoms with Gasteiger partial charge < -0.3 is 0 Å². The number of hydrogen-bond acceptors (Lipinski definition) is 4. The Kier molecular flexibility index (Phi) is 3.33. The number of aromatic nitrogens is 4. The summed E-state index contributed by atoms with van der Waals surface area (Å²) in [6, 6.07) is 14.4. The van der Waals surface area contributed by atoms with Crippen molar-refractivity contribution in [1.82, 2.24) is 19.8 Å². The summed E-state index contributed by atoms with van der Waals surface area (Å²) in [5.74, 6) is 0. The van der Waals surface area contributed by atoms with E-state index in [2.05, 4.69) is 27.4 Å². The van der Waals surface area contributed by atoms with E-state index in [0.29, 0.717) is 5.56 Å². The van der Waals surface area contributed by atoms with Crippen molar-refractivity contribution in [3.8, 4) is 17.2 Å². The first-order valence-corrected chi connectivity index (χ1v) is 7.80. The number of benzene rings is 1. The highest BCUT2D eigenvalue weighted by molar-refractivity contribution is 7.99. The first kappa shape index (κ1) is 13.6. The van der Waals surface area contributed by atoms with Crippen LogP contribution in [0.3, 0.4) is 0 Å². The third-order valence-corrected chi connectivity index (χ3v) is 4.54. The molecule has 0 unspecified atom stereocenters. The highest BCUT2D eigenvalue weighted by atomic mass is 32.2. The van der Waals surface area contributed by atoms with Crippen molar-refractivity contribution in [2.45, 2.75) is 9.79 Å². The molecular formula is C17H11N5S. The van der Waals surface area contributed by atoms with Crippen molar-refractivity contribution >= 4 is 17.3 Å². The zero-order valence-electron chi connectivity index (χ0n) is 12.0. The lowest BCUT2D eigenvalue weighted by Crippen LogP contribution is -1.91. The lowest BCUT2D eigenvalue weighted by molar-refractivity contribution is 0.951. The Hall–Kier alpha value is -3.04. The molecule has 0 bridgehead atoms. The predicted molar refractivity (Wildman–Crippen MR) is 88.1 cm³/mol. The molecule has 3 aromatic heterocycles. The maximum Gasteiger partial charge on any atom is 0.103 e. The van der Waals surface area contributed by atoms with Gasteiger partial charge in [-0.3, -0.25) is 5.10 Å². The number of nitriles is 1. The molecule has 0 atom stereocenters. The van der Waals surface area contributed by atoms with Gasteiger partial charge in [0.15, 0.2) is 0 Å². The van der Waals surface area contributed by atoms with Crippen molar-refractivity contribution in [3.63, 3.8) is 0 Å². The number of pyridine rings is 1. The minimum atomic E-state index is 0.571. The standard InChI is InChI=1S/C17H11N5S/c18-7-13-10-21-22-11-12(14-8-19-20-9-14)6-16(17(13)22)23-15-4-2-1-3-5-15/h1-6,8-11H,(H,19,20). The van der Waals surface area contributed by atoms with E-state index in [-0.39, 0.29) is 0 Å². The molecule has 0 aliphatic heterocycles. The lowest BCUT2D eigenvalue weighted by Gasteiger charge is -2.08. The normalized spacial score (nSPS) is 10.7. The van der Waals surface area contributed by atoms with Crippen LogP contribution in [0.2, 0.25) is 0 Å². The first-order valence-electron chi connectivity index (χ1n) is 6.99. The number of H-pyrrole nitrogens is 1. The average Bonchev–Trinajstić information content (AvgIpc) is 3.25. The van der Waals surface area contributed by atoms with E-state index in [0.717, 1.165) is 26.4 Å². The zero-order valence-corrected chi connectivity index (χ0v) is 12.8. The molecule has 0 fully saturated rings. The number of nitrogens with zero attached hydrogens (tertiary/aromatic N) is 4. The number of rotatable bonds is 3. The molecule has 0 radical (unpaired) electrons. The maximum absolute atomic E-state index is 9.34. The number of hydrogen-bond donors (Lipinski definition) is 1. The summed E-state index contributed by atoms with van der Waals surface area (Å²) in [5, 5.41) is 20.5. The second kappa shape index (κ2) is 5.63. The highest BCUT2D eigenvalue weighted by Crippen LogP contribution is 2.35. The smallest absolute Gasteiger partial charge is 0.103 e. The van der Waals surface area contributed by atoms with Gasteiger partial charge in [0.1, 0.15) is 6.07 Å². The van der Waals surface area contributed by atoms with E-state index in [9.17, 15) is 5.26 Å². The molecule has 110 valence electrons. The molecule has 3 heterocycles. The topological polar surface area (TPSA) is 69.8 Å². The molecule has 0 spiro atoms. The predicted octanol–water partition coefficient (Wildman–Crippen LogP) is 3.75. The summed E-state index contributed by atoms with van der Waals surface area (Å²) in [6.07, 6.45) is 7.12. The van der Waals surface area contributed by atoms with Crippen molar-refractivity contribution in [1.29, 1.82) is 5.26 Å². The van der Waals surface area contributed by atoms with Crippen LogP contribution in [0.4, 0.5) is 0 Å². The van der Waals surface area contributed by atoms with E-state index < -0.39 is 0 Å². The molecule has 0 aliphatic carbocycles. The van der Waals surface area contributed by atoms with Gasteiger partial charge in [0.05, 0.1) is 23.5 Å². The van der Waals surface area contributed by atoms with Crippen LogP contribution < -0.4 is 0 Å². The molecule has 1 N–H and O–H groups in total. The van der Waals surface area contributed by atoms with Crippen LogP contribution in [-0.4, -0.2) is 19.8 Å². The molecule has 0 saturated carbocycles. The van der Waals surface area contributed by atoms with Crippen molar-refractivity contribution in [2.24, 2.45) is 0 Å². The fourth-order valence-electron chi connectivity index (χ4n) is 2.43. The summed E-state index contributed by atoms with van der Waals surface area (Å²) in [7, 11) is 0. The molecule has 23 heavy (non-hydrogen) atoms. The van der Waals surface area contributed by atoms with Crippen molar-refractivity contribution in [3.05, 3.63) is 66.7 Å². The largest absolute Gasteiger partial charge is 0.285 e. The average molecular weight is 317 g/mol. The highest BCUT2D eigenvalue weighted by Gasteiger charge is 2.13. The Bertz CT molecular complexity index is 997. The van der Waals surface area contributed by atoms with Gasteiger partial charge in [0.2, 0.25) is 0 Å². The Morgan fingerprint density at radius 1 is 1.13 bits per heavy atom. The Balaban J connectivity index is 1.92. The third kappa shape index (κ3) is 2.47. The number of fused-ring (bicyclic) bond motifs is 1. The minimum Gasteiger partial charge on any atom is -0.285 e. The summed E-state index contributed by atoms with van der Waals surface area (Å²) in [6.45, 7) is 0. The molecule has 1 aromatic carbocycles. The SMILES string of the molecule is N#Cc1cnn2cc(-c3cn[nH]c3)cc(Sc3ccccc3)c12. The molecule has 4 aromatic rings. The summed E-state index contributed by atoms with van der Waals surface area (Å²) >= 11 is 1.62. The van der Waals surface area contributed by atoms with Crippen LogP contribution in [0.1, 0.15) is 5.56 Å². The fourth-order valence-corrected chi connectivity index (χ4v) is 3.46. The van der Waals surface area contributed by atoms with Gasteiger partial charge in [-0.05, 0) is 18.2 Å². The third-order valence-electron chi connectivity index (χ3n) is 3.50.